The monoisotopic (exact) mass is 298 g/mol. The molecule has 0 bridgehead atoms. The third-order valence-electron chi connectivity index (χ3n) is 1.92. The molecule has 0 heterocycles. The minimum absolute atomic E-state index is 0.129. The number of hydrogen-bond donors (Lipinski definition) is 1. The van der Waals surface area contributed by atoms with Gasteiger partial charge in [-0.3, -0.25) is 0 Å². The lowest BCUT2D eigenvalue weighted by atomic mass is 9.95. The van der Waals surface area contributed by atoms with E-state index in [1.807, 2.05) is 13.0 Å². The van der Waals surface area contributed by atoms with Gasteiger partial charge in [-0.15, -0.1) is 6.58 Å². The number of aliphatic hydroxyl groups is 1. The molecule has 3 unspecified atom stereocenters. The Kier molecular flexibility index (Phi) is 5.70. The van der Waals surface area contributed by atoms with Crippen LogP contribution in [0.5, 0.6) is 0 Å². The van der Waals surface area contributed by atoms with Gasteiger partial charge in [0.2, 0.25) is 0 Å². The van der Waals surface area contributed by atoms with Gasteiger partial charge in [0.1, 0.15) is 0 Å². The lowest BCUT2D eigenvalue weighted by molar-refractivity contribution is 0.246. The molecule has 0 aliphatic rings. The fourth-order valence-corrected chi connectivity index (χ4v) is 1.87. The maximum atomic E-state index is 9.08. The molecule has 0 fully saturated rings. The molecule has 0 aromatic heterocycles. The van der Waals surface area contributed by atoms with E-state index in [9.17, 15) is 0 Å². The zero-order valence-corrected chi connectivity index (χ0v) is 10.7. The Morgan fingerprint density at radius 1 is 1.67 bits per heavy atom. The SMILES string of the molecule is C=CCC(C)C(Br)C(C)(Br)CO. The van der Waals surface area contributed by atoms with Crippen LogP contribution < -0.4 is 0 Å². The van der Waals surface area contributed by atoms with Crippen molar-refractivity contribution < 1.29 is 5.11 Å². The smallest absolute Gasteiger partial charge is 0.0592 e. The molecule has 0 radical (unpaired) electrons. The Labute approximate surface area is 91.5 Å². The quantitative estimate of drug-likeness (QED) is 0.611. The van der Waals surface area contributed by atoms with E-state index in [1.54, 1.807) is 0 Å². The second kappa shape index (κ2) is 5.40. The van der Waals surface area contributed by atoms with Crippen LogP contribution in [0.1, 0.15) is 20.3 Å². The minimum Gasteiger partial charge on any atom is -0.395 e. The zero-order chi connectivity index (χ0) is 9.78. The lowest BCUT2D eigenvalue weighted by Crippen LogP contribution is -2.36. The van der Waals surface area contributed by atoms with E-state index in [4.69, 9.17) is 5.11 Å². The Bertz CT molecular complexity index is 145. The summed E-state index contributed by atoms with van der Waals surface area (Å²) >= 11 is 7.06. The van der Waals surface area contributed by atoms with Crippen LogP contribution in [0.3, 0.4) is 0 Å². The number of allylic oxidation sites excluding steroid dienone is 1. The van der Waals surface area contributed by atoms with Crippen molar-refractivity contribution in [2.75, 3.05) is 6.61 Å². The summed E-state index contributed by atoms with van der Waals surface area (Å²) in [5.74, 6) is 0.471. The molecule has 3 atom stereocenters. The van der Waals surface area contributed by atoms with E-state index in [2.05, 4.69) is 45.4 Å². The molecule has 3 heteroatoms. The van der Waals surface area contributed by atoms with Crippen molar-refractivity contribution in [1.29, 1.82) is 0 Å². The van der Waals surface area contributed by atoms with Gasteiger partial charge in [0.05, 0.1) is 10.9 Å². The van der Waals surface area contributed by atoms with Crippen molar-refractivity contribution in [1.82, 2.24) is 0 Å². The molecule has 0 spiro atoms. The largest absolute Gasteiger partial charge is 0.395 e. The topological polar surface area (TPSA) is 20.2 Å². The number of rotatable bonds is 5. The third-order valence-corrected chi connectivity index (χ3v) is 5.19. The van der Waals surface area contributed by atoms with Crippen LogP contribution in [0.2, 0.25) is 0 Å². The summed E-state index contributed by atoms with van der Waals surface area (Å²) in [7, 11) is 0. The molecular weight excluding hydrogens is 284 g/mol. The van der Waals surface area contributed by atoms with Crippen molar-refractivity contribution in [3.63, 3.8) is 0 Å². The van der Waals surface area contributed by atoms with Crippen molar-refractivity contribution in [2.45, 2.75) is 29.4 Å². The molecule has 0 amide bonds. The summed E-state index contributed by atoms with van der Waals surface area (Å²) in [5.41, 5.74) is 0. The van der Waals surface area contributed by atoms with Crippen molar-refractivity contribution in [3.8, 4) is 0 Å². The second-order valence-electron chi connectivity index (χ2n) is 3.34. The Hall–Kier alpha value is 0.660. The molecule has 0 aromatic carbocycles. The maximum Gasteiger partial charge on any atom is 0.0592 e. The van der Waals surface area contributed by atoms with Crippen LogP contribution in [0.4, 0.5) is 0 Å². The average Bonchev–Trinajstić information content (AvgIpc) is 2.03. The standard InChI is InChI=1S/C9H16Br2O/c1-4-5-7(2)8(10)9(3,11)6-12/h4,7-8,12H,1,5-6H2,2-3H3. The molecular formula is C9H16Br2O. The Balaban J connectivity index is 4.16. The minimum atomic E-state index is -0.241. The molecule has 1 N–H and O–H groups in total. The zero-order valence-electron chi connectivity index (χ0n) is 7.56. The highest BCUT2D eigenvalue weighted by molar-refractivity contribution is 9.12. The van der Waals surface area contributed by atoms with Gasteiger partial charge in [0.25, 0.3) is 0 Å². The van der Waals surface area contributed by atoms with Gasteiger partial charge < -0.3 is 5.11 Å². The highest BCUT2D eigenvalue weighted by atomic mass is 79.9. The first-order valence-corrected chi connectivity index (χ1v) is 5.71. The molecule has 0 aromatic rings. The van der Waals surface area contributed by atoms with E-state index in [1.165, 1.54) is 0 Å². The van der Waals surface area contributed by atoms with Gasteiger partial charge in [-0.2, -0.15) is 0 Å². The number of aliphatic hydroxyl groups excluding tert-OH is 1. The fraction of sp³-hybridized carbons (Fsp3) is 0.778. The molecule has 0 aliphatic carbocycles. The molecule has 1 nitrogen and oxygen atoms in total. The summed E-state index contributed by atoms with van der Waals surface area (Å²) in [4.78, 5) is 0.257. The molecule has 0 aliphatic heterocycles. The van der Waals surface area contributed by atoms with E-state index < -0.39 is 0 Å². The molecule has 72 valence electrons. The molecule has 0 saturated heterocycles. The predicted molar refractivity (Wildman–Crippen MR) is 61.1 cm³/mol. The first-order valence-electron chi connectivity index (χ1n) is 4.00. The average molecular weight is 300 g/mol. The summed E-state index contributed by atoms with van der Waals surface area (Å²) in [6.45, 7) is 7.94. The summed E-state index contributed by atoms with van der Waals surface area (Å²) < 4.78 is -0.241. The van der Waals surface area contributed by atoms with E-state index >= 15 is 0 Å². The Morgan fingerprint density at radius 3 is 2.50 bits per heavy atom. The lowest BCUT2D eigenvalue weighted by Gasteiger charge is -2.30. The fourth-order valence-electron chi connectivity index (χ4n) is 1.06. The number of halogens is 2. The van der Waals surface area contributed by atoms with Crippen LogP contribution in [-0.4, -0.2) is 20.9 Å². The van der Waals surface area contributed by atoms with E-state index in [-0.39, 0.29) is 15.8 Å². The van der Waals surface area contributed by atoms with Gasteiger partial charge >= 0.3 is 0 Å². The first-order chi connectivity index (χ1) is 5.45. The molecule has 12 heavy (non-hydrogen) atoms. The number of alkyl halides is 2. The van der Waals surface area contributed by atoms with Gasteiger partial charge in [-0.1, -0.05) is 44.9 Å². The second-order valence-corrected chi connectivity index (χ2v) is 6.14. The normalized spacial score (nSPS) is 21.1. The summed E-state index contributed by atoms with van der Waals surface area (Å²) in [6, 6.07) is 0. The highest BCUT2D eigenvalue weighted by Gasteiger charge is 2.32. The van der Waals surface area contributed by atoms with E-state index in [0.717, 1.165) is 6.42 Å². The third kappa shape index (κ3) is 3.58. The molecule has 0 saturated carbocycles. The predicted octanol–water partition coefficient (Wildman–Crippen LogP) is 3.11. The summed E-state index contributed by atoms with van der Waals surface area (Å²) in [6.07, 6.45) is 2.86. The van der Waals surface area contributed by atoms with Gasteiger partial charge in [-0.25, -0.2) is 0 Å². The van der Waals surface area contributed by atoms with Crippen LogP contribution >= 0.6 is 31.9 Å². The van der Waals surface area contributed by atoms with Gasteiger partial charge in [0.15, 0.2) is 0 Å². The van der Waals surface area contributed by atoms with Crippen LogP contribution in [0.25, 0.3) is 0 Å². The van der Waals surface area contributed by atoms with Crippen LogP contribution in [-0.2, 0) is 0 Å². The summed E-state index contributed by atoms with van der Waals surface area (Å²) in [5, 5.41) is 9.08. The molecule has 0 rings (SSSR count). The van der Waals surface area contributed by atoms with Crippen molar-refractivity contribution >= 4 is 31.9 Å². The first kappa shape index (κ1) is 12.7. The van der Waals surface area contributed by atoms with Crippen LogP contribution in [0.15, 0.2) is 12.7 Å². The van der Waals surface area contributed by atoms with Crippen LogP contribution in [0, 0.1) is 5.92 Å². The van der Waals surface area contributed by atoms with E-state index in [0.29, 0.717) is 5.92 Å². The van der Waals surface area contributed by atoms with Crippen molar-refractivity contribution in [3.05, 3.63) is 12.7 Å². The van der Waals surface area contributed by atoms with Gasteiger partial charge in [0, 0.05) is 4.83 Å². The number of hydrogen-bond acceptors (Lipinski definition) is 1. The van der Waals surface area contributed by atoms with Crippen molar-refractivity contribution in [2.24, 2.45) is 5.92 Å². The van der Waals surface area contributed by atoms with Gasteiger partial charge in [-0.05, 0) is 19.3 Å². The maximum absolute atomic E-state index is 9.08. The highest BCUT2D eigenvalue weighted by Crippen LogP contribution is 2.33. The Morgan fingerprint density at radius 2 is 2.17 bits per heavy atom.